The third-order valence-electron chi connectivity index (χ3n) is 6.38. The Morgan fingerprint density at radius 2 is 1.56 bits per heavy atom. The van der Waals surface area contributed by atoms with Crippen LogP contribution >= 0.6 is 0 Å². The monoisotopic (exact) mass is 351 g/mol. The summed E-state index contributed by atoms with van der Waals surface area (Å²) in [6.07, 6.45) is 10.7. The van der Waals surface area contributed by atoms with Gasteiger partial charge < -0.3 is 5.41 Å². The Hall–Kier alpha value is -2.67. The molecule has 1 heteroatoms. The smallest absolute Gasteiger partial charge is 0.0426 e. The number of fused-ring (bicyclic) bond motifs is 2. The molecule has 3 aromatic rings. The summed E-state index contributed by atoms with van der Waals surface area (Å²) >= 11 is 0. The predicted molar refractivity (Wildman–Crippen MR) is 115 cm³/mol. The van der Waals surface area contributed by atoms with E-state index in [4.69, 9.17) is 0 Å². The van der Waals surface area contributed by atoms with Gasteiger partial charge in [-0.25, -0.2) is 0 Å². The number of hydrogen-bond donors (Lipinski definition) is 1. The maximum atomic E-state index is 9.17. The SMILES string of the molecule is N=C(c1c(C2C=Cc3ccccc32)ccc2ccccc12)C1CCCCC1. The van der Waals surface area contributed by atoms with E-state index in [-0.39, 0.29) is 5.92 Å². The van der Waals surface area contributed by atoms with Crippen molar-refractivity contribution in [3.05, 3.63) is 89.0 Å². The van der Waals surface area contributed by atoms with Gasteiger partial charge in [0.1, 0.15) is 0 Å². The second-order valence-corrected chi connectivity index (χ2v) is 7.97. The molecular formula is C26H25N. The number of rotatable bonds is 3. The van der Waals surface area contributed by atoms with Crippen molar-refractivity contribution in [2.75, 3.05) is 0 Å². The van der Waals surface area contributed by atoms with Gasteiger partial charge in [0.05, 0.1) is 0 Å². The average molecular weight is 351 g/mol. The number of benzene rings is 3. The van der Waals surface area contributed by atoms with Gasteiger partial charge in [0.15, 0.2) is 0 Å². The first kappa shape index (κ1) is 16.5. The lowest BCUT2D eigenvalue weighted by molar-refractivity contribution is 0.438. The van der Waals surface area contributed by atoms with Crippen molar-refractivity contribution in [3.8, 4) is 0 Å². The van der Waals surface area contributed by atoms with Gasteiger partial charge in [-0.15, -0.1) is 0 Å². The fraction of sp³-hybridized carbons (Fsp3) is 0.269. The van der Waals surface area contributed by atoms with E-state index in [2.05, 4.69) is 72.8 Å². The van der Waals surface area contributed by atoms with Crippen LogP contribution in [0.4, 0.5) is 0 Å². The summed E-state index contributed by atoms with van der Waals surface area (Å²) in [6.45, 7) is 0. The summed E-state index contributed by atoms with van der Waals surface area (Å²) in [6, 6.07) is 21.8. The molecule has 1 saturated carbocycles. The molecule has 0 saturated heterocycles. The van der Waals surface area contributed by atoms with Gasteiger partial charge in [-0.1, -0.05) is 92.1 Å². The van der Waals surface area contributed by atoms with Crippen molar-refractivity contribution in [3.63, 3.8) is 0 Å². The molecular weight excluding hydrogens is 326 g/mol. The normalized spacial score (nSPS) is 19.3. The lowest BCUT2D eigenvalue weighted by Crippen LogP contribution is -2.20. The summed E-state index contributed by atoms with van der Waals surface area (Å²) in [4.78, 5) is 0. The van der Waals surface area contributed by atoms with Crippen LogP contribution in [0.5, 0.6) is 0 Å². The molecule has 5 rings (SSSR count). The largest absolute Gasteiger partial charge is 0.304 e. The Morgan fingerprint density at radius 3 is 2.44 bits per heavy atom. The highest BCUT2D eigenvalue weighted by Crippen LogP contribution is 2.40. The van der Waals surface area contributed by atoms with Crippen LogP contribution in [0.15, 0.2) is 66.7 Å². The van der Waals surface area contributed by atoms with Crippen molar-refractivity contribution in [1.82, 2.24) is 0 Å². The van der Waals surface area contributed by atoms with Crippen LogP contribution in [-0.4, -0.2) is 5.71 Å². The van der Waals surface area contributed by atoms with Crippen molar-refractivity contribution in [2.24, 2.45) is 5.92 Å². The molecule has 2 aliphatic carbocycles. The van der Waals surface area contributed by atoms with E-state index in [0.29, 0.717) is 5.92 Å². The van der Waals surface area contributed by atoms with Gasteiger partial charge in [0, 0.05) is 23.1 Å². The molecule has 3 aromatic carbocycles. The van der Waals surface area contributed by atoms with E-state index in [9.17, 15) is 5.41 Å². The summed E-state index contributed by atoms with van der Waals surface area (Å²) in [5, 5.41) is 11.7. The van der Waals surface area contributed by atoms with Crippen molar-refractivity contribution >= 4 is 22.6 Å². The summed E-state index contributed by atoms with van der Waals surface area (Å²) in [7, 11) is 0. The van der Waals surface area contributed by atoms with E-state index in [1.165, 1.54) is 65.1 Å². The number of allylic oxidation sites excluding steroid dienone is 1. The second kappa shape index (κ2) is 6.81. The predicted octanol–water partition coefficient (Wildman–Crippen LogP) is 6.95. The number of nitrogens with one attached hydrogen (secondary N) is 1. The molecule has 1 atom stereocenters. The van der Waals surface area contributed by atoms with E-state index in [0.717, 1.165) is 5.71 Å². The Kier molecular flexibility index (Phi) is 4.16. The zero-order valence-corrected chi connectivity index (χ0v) is 15.6. The lowest BCUT2D eigenvalue weighted by atomic mass is 9.78. The molecule has 0 bridgehead atoms. The van der Waals surface area contributed by atoms with E-state index < -0.39 is 0 Å². The Bertz CT molecular complexity index is 1040. The number of hydrogen-bond acceptors (Lipinski definition) is 1. The quantitative estimate of drug-likeness (QED) is 0.494. The van der Waals surface area contributed by atoms with E-state index >= 15 is 0 Å². The lowest BCUT2D eigenvalue weighted by Gasteiger charge is -2.26. The third-order valence-corrected chi connectivity index (χ3v) is 6.38. The summed E-state index contributed by atoms with van der Waals surface area (Å²) < 4.78 is 0. The van der Waals surface area contributed by atoms with Gasteiger partial charge in [0.25, 0.3) is 0 Å². The van der Waals surface area contributed by atoms with Crippen molar-refractivity contribution in [2.45, 2.75) is 38.0 Å². The van der Waals surface area contributed by atoms with Crippen LogP contribution in [0, 0.1) is 11.3 Å². The fourth-order valence-electron chi connectivity index (χ4n) is 4.96. The first-order chi connectivity index (χ1) is 13.3. The van der Waals surface area contributed by atoms with Crippen LogP contribution in [-0.2, 0) is 0 Å². The standard InChI is InChI=1S/C26H25N/c27-26(20-10-2-1-3-11-20)25-22-13-7-5-9-19(22)15-17-24(25)23-16-14-18-8-4-6-12-21(18)23/h4-9,12-17,20,23,27H,1-3,10-11H2. The first-order valence-corrected chi connectivity index (χ1v) is 10.2. The molecule has 0 heterocycles. The molecule has 0 spiro atoms. The van der Waals surface area contributed by atoms with Crippen LogP contribution in [0.3, 0.4) is 0 Å². The molecule has 0 aliphatic heterocycles. The maximum Gasteiger partial charge on any atom is 0.0426 e. The van der Waals surface area contributed by atoms with Crippen LogP contribution in [0.2, 0.25) is 0 Å². The zero-order valence-electron chi connectivity index (χ0n) is 15.6. The summed E-state index contributed by atoms with van der Waals surface area (Å²) in [5.74, 6) is 0.661. The van der Waals surface area contributed by atoms with Gasteiger partial charge >= 0.3 is 0 Å². The van der Waals surface area contributed by atoms with Gasteiger partial charge in [0.2, 0.25) is 0 Å². The van der Waals surface area contributed by atoms with E-state index in [1.54, 1.807) is 0 Å². The minimum Gasteiger partial charge on any atom is -0.304 e. The molecule has 27 heavy (non-hydrogen) atoms. The molecule has 134 valence electrons. The van der Waals surface area contributed by atoms with Crippen LogP contribution in [0.1, 0.15) is 60.3 Å². The minimum atomic E-state index is 0.254. The maximum absolute atomic E-state index is 9.17. The fourth-order valence-corrected chi connectivity index (χ4v) is 4.96. The first-order valence-electron chi connectivity index (χ1n) is 10.2. The summed E-state index contributed by atoms with van der Waals surface area (Å²) in [5.41, 5.74) is 6.02. The Balaban J connectivity index is 1.69. The molecule has 1 nitrogen and oxygen atoms in total. The highest BCUT2D eigenvalue weighted by molar-refractivity contribution is 6.12. The molecule has 1 fully saturated rings. The molecule has 1 N–H and O–H groups in total. The topological polar surface area (TPSA) is 23.9 Å². The Labute approximate surface area is 161 Å². The van der Waals surface area contributed by atoms with Gasteiger partial charge in [-0.2, -0.15) is 0 Å². The molecule has 0 aromatic heterocycles. The molecule has 0 radical (unpaired) electrons. The van der Waals surface area contributed by atoms with Gasteiger partial charge in [-0.3, -0.25) is 0 Å². The zero-order chi connectivity index (χ0) is 18.2. The Morgan fingerprint density at radius 1 is 0.778 bits per heavy atom. The molecule has 1 unspecified atom stereocenters. The highest BCUT2D eigenvalue weighted by atomic mass is 14.5. The molecule has 0 amide bonds. The van der Waals surface area contributed by atoms with Crippen LogP contribution in [0.25, 0.3) is 16.8 Å². The van der Waals surface area contributed by atoms with Crippen molar-refractivity contribution < 1.29 is 0 Å². The minimum absolute atomic E-state index is 0.254. The second-order valence-electron chi connectivity index (χ2n) is 7.97. The average Bonchev–Trinajstić information content (AvgIpc) is 3.17. The highest BCUT2D eigenvalue weighted by Gasteiger charge is 2.27. The van der Waals surface area contributed by atoms with Crippen molar-refractivity contribution in [1.29, 1.82) is 5.41 Å². The van der Waals surface area contributed by atoms with Crippen LogP contribution < -0.4 is 0 Å². The van der Waals surface area contributed by atoms with E-state index in [1.807, 2.05) is 0 Å². The van der Waals surface area contributed by atoms with Gasteiger partial charge in [-0.05, 0) is 40.3 Å². The third kappa shape index (κ3) is 2.82. The molecule has 2 aliphatic rings.